The summed E-state index contributed by atoms with van der Waals surface area (Å²) in [5.74, 6) is -0.0381. The third kappa shape index (κ3) is 2.19. The number of carbonyl (C=O) groups is 1. The van der Waals surface area contributed by atoms with Crippen LogP contribution < -0.4 is 5.73 Å². The molecule has 0 heterocycles. The summed E-state index contributed by atoms with van der Waals surface area (Å²) in [6, 6.07) is 0.202. The van der Waals surface area contributed by atoms with E-state index in [2.05, 4.69) is 4.74 Å². The quantitative estimate of drug-likeness (QED) is 0.569. The van der Waals surface area contributed by atoms with Crippen LogP contribution in [0.4, 0.5) is 0 Å². The number of nitrogens with two attached hydrogens (primary N) is 1. The first-order valence-electron chi connectivity index (χ1n) is 4.07. The predicted molar refractivity (Wildman–Crippen MR) is 41.9 cm³/mol. The Morgan fingerprint density at radius 1 is 1.55 bits per heavy atom. The van der Waals surface area contributed by atoms with E-state index >= 15 is 0 Å². The predicted octanol–water partition coefficient (Wildman–Crippen LogP) is 0.677. The van der Waals surface area contributed by atoms with Gasteiger partial charge in [0, 0.05) is 6.04 Å². The number of rotatable bonds is 1. The van der Waals surface area contributed by atoms with Crippen molar-refractivity contribution in [1.29, 1.82) is 0 Å². The highest BCUT2D eigenvalue weighted by Crippen LogP contribution is 2.23. The zero-order chi connectivity index (χ0) is 8.27. The maximum atomic E-state index is 11.0. The summed E-state index contributed by atoms with van der Waals surface area (Å²) < 4.78 is 4.64. The maximum absolute atomic E-state index is 11.0. The second kappa shape index (κ2) is 3.72. The van der Waals surface area contributed by atoms with Gasteiger partial charge < -0.3 is 10.5 Å². The molecule has 1 aliphatic carbocycles. The van der Waals surface area contributed by atoms with Crippen LogP contribution in [-0.2, 0) is 9.53 Å². The lowest BCUT2D eigenvalue weighted by Gasteiger charge is -2.24. The van der Waals surface area contributed by atoms with Gasteiger partial charge in [0.05, 0.1) is 13.0 Å². The second-order valence-electron chi connectivity index (χ2n) is 3.15. The third-order valence-corrected chi connectivity index (χ3v) is 2.25. The van der Waals surface area contributed by atoms with Gasteiger partial charge in [-0.05, 0) is 19.3 Å². The minimum absolute atomic E-state index is 0.0590. The lowest BCUT2D eigenvalue weighted by atomic mass is 9.86. The molecule has 0 aromatic carbocycles. The minimum atomic E-state index is -0.0971. The van der Waals surface area contributed by atoms with Gasteiger partial charge >= 0.3 is 5.97 Å². The van der Waals surface area contributed by atoms with Crippen LogP contribution in [0.2, 0.25) is 0 Å². The van der Waals surface area contributed by atoms with Gasteiger partial charge in [-0.2, -0.15) is 0 Å². The summed E-state index contributed by atoms with van der Waals surface area (Å²) in [6.45, 7) is 0. The van der Waals surface area contributed by atoms with Crippen molar-refractivity contribution in [1.82, 2.24) is 0 Å². The lowest BCUT2D eigenvalue weighted by molar-refractivity contribution is -0.146. The van der Waals surface area contributed by atoms with Crippen LogP contribution in [0.1, 0.15) is 25.7 Å². The summed E-state index contributed by atoms with van der Waals surface area (Å²) in [6.07, 6.45) is 3.85. The van der Waals surface area contributed by atoms with E-state index in [0.29, 0.717) is 0 Å². The van der Waals surface area contributed by atoms with Crippen molar-refractivity contribution in [2.24, 2.45) is 11.7 Å². The minimum Gasteiger partial charge on any atom is -0.469 e. The first-order chi connectivity index (χ1) is 5.24. The van der Waals surface area contributed by atoms with Crippen LogP contribution in [0.5, 0.6) is 0 Å². The molecule has 64 valence electrons. The highest BCUT2D eigenvalue weighted by atomic mass is 16.5. The second-order valence-corrected chi connectivity index (χ2v) is 3.15. The van der Waals surface area contributed by atoms with Gasteiger partial charge in [-0.25, -0.2) is 0 Å². The van der Waals surface area contributed by atoms with E-state index in [1.54, 1.807) is 0 Å². The summed E-state index contributed by atoms with van der Waals surface area (Å²) in [5.41, 5.74) is 5.71. The van der Waals surface area contributed by atoms with Crippen molar-refractivity contribution < 1.29 is 9.53 Å². The molecule has 1 aliphatic rings. The molecule has 3 nitrogen and oxygen atoms in total. The normalized spacial score (nSPS) is 31.5. The first-order valence-corrected chi connectivity index (χ1v) is 4.07. The fourth-order valence-electron chi connectivity index (χ4n) is 1.61. The van der Waals surface area contributed by atoms with E-state index in [0.717, 1.165) is 25.7 Å². The molecule has 0 amide bonds. The molecule has 1 fully saturated rings. The molecule has 0 aromatic heterocycles. The van der Waals surface area contributed by atoms with Crippen molar-refractivity contribution in [3.63, 3.8) is 0 Å². The highest BCUT2D eigenvalue weighted by Gasteiger charge is 2.25. The molecule has 0 bridgehead atoms. The van der Waals surface area contributed by atoms with Crippen molar-refractivity contribution in [3.8, 4) is 0 Å². The van der Waals surface area contributed by atoms with E-state index in [9.17, 15) is 4.79 Å². The van der Waals surface area contributed by atoms with Gasteiger partial charge in [-0.3, -0.25) is 4.79 Å². The lowest BCUT2D eigenvalue weighted by Crippen LogP contribution is -2.32. The molecule has 11 heavy (non-hydrogen) atoms. The van der Waals surface area contributed by atoms with Crippen molar-refractivity contribution in [3.05, 3.63) is 0 Å². The Kier molecular flexibility index (Phi) is 2.88. The average molecular weight is 157 g/mol. The molecule has 2 N–H and O–H groups in total. The molecule has 0 aliphatic heterocycles. The van der Waals surface area contributed by atoms with E-state index in [4.69, 9.17) is 5.73 Å². The molecule has 3 heteroatoms. The van der Waals surface area contributed by atoms with Crippen molar-refractivity contribution in [2.75, 3.05) is 7.11 Å². The monoisotopic (exact) mass is 157 g/mol. The maximum Gasteiger partial charge on any atom is 0.308 e. The summed E-state index contributed by atoms with van der Waals surface area (Å²) >= 11 is 0. The van der Waals surface area contributed by atoms with Gasteiger partial charge in [-0.15, -0.1) is 0 Å². The Hall–Kier alpha value is -0.570. The van der Waals surface area contributed by atoms with E-state index < -0.39 is 0 Å². The average Bonchev–Trinajstić information content (AvgIpc) is 2.03. The number of methoxy groups -OCH3 is 1. The Bertz CT molecular complexity index is 147. The molecule has 0 aromatic rings. The van der Waals surface area contributed by atoms with E-state index in [1.807, 2.05) is 0 Å². The van der Waals surface area contributed by atoms with Crippen molar-refractivity contribution in [2.45, 2.75) is 31.7 Å². The van der Waals surface area contributed by atoms with Gasteiger partial charge in [0.15, 0.2) is 0 Å². The van der Waals surface area contributed by atoms with E-state index in [-0.39, 0.29) is 17.9 Å². The molecule has 0 saturated heterocycles. The summed E-state index contributed by atoms with van der Waals surface area (Å²) in [5, 5.41) is 0. The molecule has 2 atom stereocenters. The Labute approximate surface area is 66.9 Å². The van der Waals surface area contributed by atoms with Gasteiger partial charge in [-0.1, -0.05) is 6.42 Å². The van der Waals surface area contributed by atoms with Gasteiger partial charge in [0.1, 0.15) is 0 Å². The molecule has 1 saturated carbocycles. The number of carbonyl (C=O) groups excluding carboxylic acids is 1. The smallest absolute Gasteiger partial charge is 0.308 e. The van der Waals surface area contributed by atoms with Crippen molar-refractivity contribution >= 4 is 5.97 Å². The van der Waals surface area contributed by atoms with Gasteiger partial charge in [0.25, 0.3) is 0 Å². The largest absolute Gasteiger partial charge is 0.469 e. The van der Waals surface area contributed by atoms with Crippen LogP contribution >= 0.6 is 0 Å². The SMILES string of the molecule is COC(=O)[C@@H]1CCC[C@H](N)C1. The molecule has 1 rings (SSSR count). The van der Waals surface area contributed by atoms with E-state index in [1.165, 1.54) is 7.11 Å². The molecule has 0 unspecified atom stereocenters. The molecular formula is C8H15NO2. The molecular weight excluding hydrogens is 142 g/mol. The van der Waals surface area contributed by atoms with Crippen LogP contribution in [0.15, 0.2) is 0 Å². The number of hydrogen-bond donors (Lipinski definition) is 1. The molecule has 0 radical (unpaired) electrons. The van der Waals surface area contributed by atoms with Crippen LogP contribution in [0, 0.1) is 5.92 Å². The van der Waals surface area contributed by atoms with Crippen LogP contribution in [0.25, 0.3) is 0 Å². The number of hydrogen-bond acceptors (Lipinski definition) is 3. The topological polar surface area (TPSA) is 52.3 Å². The zero-order valence-electron chi connectivity index (χ0n) is 6.88. The number of ether oxygens (including phenoxy) is 1. The van der Waals surface area contributed by atoms with Crippen LogP contribution in [0.3, 0.4) is 0 Å². The fourth-order valence-corrected chi connectivity index (χ4v) is 1.61. The fraction of sp³-hybridized carbons (Fsp3) is 0.875. The van der Waals surface area contributed by atoms with Crippen LogP contribution in [-0.4, -0.2) is 19.1 Å². The first kappa shape index (κ1) is 8.53. The Morgan fingerprint density at radius 2 is 2.27 bits per heavy atom. The summed E-state index contributed by atoms with van der Waals surface area (Å²) in [4.78, 5) is 11.0. The molecule has 0 spiro atoms. The standard InChI is InChI=1S/C8H15NO2/c1-11-8(10)6-3-2-4-7(9)5-6/h6-7H,2-5,9H2,1H3/t6-,7+/m1/s1. The zero-order valence-corrected chi connectivity index (χ0v) is 6.88. The number of esters is 1. The highest BCUT2D eigenvalue weighted by molar-refractivity contribution is 5.72. The third-order valence-electron chi connectivity index (χ3n) is 2.25. The summed E-state index contributed by atoms with van der Waals surface area (Å²) in [7, 11) is 1.43. The Morgan fingerprint density at radius 3 is 2.82 bits per heavy atom. The Balaban J connectivity index is 2.39. The van der Waals surface area contributed by atoms with Gasteiger partial charge in [0.2, 0.25) is 0 Å².